The van der Waals surface area contributed by atoms with Gasteiger partial charge < -0.3 is 21.5 Å². The number of carbonyl (C=O) groups excluding carboxylic acids is 3. The molecule has 0 aromatic heterocycles. The quantitative estimate of drug-likeness (QED) is 0.329. The maximum Gasteiger partial charge on any atom is 0.461 e. The Bertz CT molecular complexity index is 653. The van der Waals surface area contributed by atoms with Crippen LogP contribution in [0.15, 0.2) is 0 Å². The molecule has 7 nitrogen and oxygen atoms in total. The number of aliphatic hydroxyl groups excluding tert-OH is 1. The van der Waals surface area contributed by atoms with E-state index in [0.717, 1.165) is 13.8 Å². The average molecular weight is 431 g/mol. The molecule has 0 aliphatic carbocycles. The van der Waals surface area contributed by atoms with Gasteiger partial charge in [-0.05, 0) is 18.3 Å². The van der Waals surface area contributed by atoms with Crippen LogP contribution in [-0.2, 0) is 14.4 Å². The second kappa shape index (κ2) is 8.60. The molecule has 0 radical (unpaired) electrons. The van der Waals surface area contributed by atoms with Crippen LogP contribution in [0.1, 0.15) is 34.1 Å². The lowest BCUT2D eigenvalue weighted by molar-refractivity contribution is -0.271. The lowest BCUT2D eigenvalue weighted by Gasteiger charge is -2.40. The molecule has 168 valence electrons. The number of aliphatic hydroxyl groups is 1. The second-order valence-electron chi connectivity index (χ2n) is 7.84. The van der Waals surface area contributed by atoms with Gasteiger partial charge in [-0.3, -0.25) is 14.4 Å². The van der Waals surface area contributed by atoms with Crippen LogP contribution in [0.3, 0.4) is 0 Å². The van der Waals surface area contributed by atoms with Crippen molar-refractivity contribution in [3.05, 3.63) is 0 Å². The molecule has 1 amide bonds. The van der Waals surface area contributed by atoms with Crippen LogP contribution < -0.4 is 16.4 Å². The van der Waals surface area contributed by atoms with E-state index >= 15 is 0 Å². The van der Waals surface area contributed by atoms with Gasteiger partial charge in [0.05, 0.1) is 18.2 Å². The van der Waals surface area contributed by atoms with Crippen molar-refractivity contribution < 1.29 is 41.4 Å². The second-order valence-corrected chi connectivity index (χ2v) is 7.84. The fourth-order valence-electron chi connectivity index (χ4n) is 3.06. The maximum absolute atomic E-state index is 14.0. The van der Waals surface area contributed by atoms with E-state index in [2.05, 4.69) is 5.32 Å². The van der Waals surface area contributed by atoms with Gasteiger partial charge in [-0.15, -0.1) is 0 Å². The molecule has 2 unspecified atom stereocenters. The number of rotatable bonds is 8. The van der Waals surface area contributed by atoms with Crippen molar-refractivity contribution in [1.29, 1.82) is 0 Å². The van der Waals surface area contributed by atoms with Crippen molar-refractivity contribution in [1.82, 2.24) is 10.6 Å². The number of alkyl halides is 5. The molecule has 1 aliphatic heterocycles. The third-order valence-corrected chi connectivity index (χ3v) is 5.02. The third-order valence-electron chi connectivity index (χ3n) is 5.02. The Morgan fingerprint density at radius 3 is 1.97 bits per heavy atom. The van der Waals surface area contributed by atoms with Crippen molar-refractivity contribution in [3.63, 3.8) is 0 Å². The Kier molecular flexibility index (Phi) is 7.53. The van der Waals surface area contributed by atoms with Crippen molar-refractivity contribution in [2.24, 2.45) is 17.6 Å². The first-order valence-corrected chi connectivity index (χ1v) is 9.02. The number of halogens is 5. The molecular weight excluding hydrogens is 405 g/mol. The summed E-state index contributed by atoms with van der Waals surface area (Å²) in [5, 5.41) is 13.9. The lowest BCUT2D eigenvalue weighted by atomic mass is 9.72. The molecule has 29 heavy (non-hydrogen) atoms. The van der Waals surface area contributed by atoms with Gasteiger partial charge in [-0.2, -0.15) is 22.0 Å². The van der Waals surface area contributed by atoms with E-state index < -0.39 is 65.1 Å². The van der Waals surface area contributed by atoms with Crippen molar-refractivity contribution >= 4 is 17.5 Å². The molecule has 0 spiro atoms. The van der Waals surface area contributed by atoms with E-state index in [1.54, 1.807) is 0 Å². The zero-order chi connectivity index (χ0) is 22.9. The number of nitrogens with two attached hydrogens (primary N) is 1. The number of nitrogens with one attached hydrogen (secondary N) is 2. The number of carbonyl (C=O) groups is 3. The predicted molar refractivity (Wildman–Crippen MR) is 92.0 cm³/mol. The van der Waals surface area contributed by atoms with Gasteiger partial charge >= 0.3 is 12.1 Å². The summed E-state index contributed by atoms with van der Waals surface area (Å²) in [5.74, 6) is -13.5. The highest BCUT2D eigenvalue weighted by molar-refractivity contribution is 6.18. The van der Waals surface area contributed by atoms with Gasteiger partial charge in [0.15, 0.2) is 11.3 Å². The Balaban J connectivity index is 3.54. The average Bonchev–Trinajstić information content (AvgIpc) is 3.02. The van der Waals surface area contributed by atoms with Gasteiger partial charge in [0.1, 0.15) is 0 Å². The molecule has 5 N–H and O–H groups in total. The summed E-state index contributed by atoms with van der Waals surface area (Å²) in [6, 6.07) is -2.77. The van der Waals surface area contributed by atoms with Gasteiger partial charge in [0.25, 0.3) is 0 Å². The molecular formula is C17H26F5N3O4. The molecule has 1 aliphatic rings. The minimum absolute atomic E-state index is 0.0289. The maximum atomic E-state index is 14.0. The number of amides is 1. The highest BCUT2D eigenvalue weighted by Gasteiger charge is 2.70. The Hall–Kier alpha value is -1.66. The molecule has 1 fully saturated rings. The smallest absolute Gasteiger partial charge is 0.392 e. The summed E-state index contributed by atoms with van der Waals surface area (Å²) in [5.41, 5.74) is 2.48. The van der Waals surface area contributed by atoms with E-state index in [1.807, 2.05) is 5.32 Å². The first-order chi connectivity index (χ1) is 13.0. The fraction of sp³-hybridized carbons (Fsp3) is 0.824. The first kappa shape index (κ1) is 25.4. The van der Waals surface area contributed by atoms with Crippen LogP contribution in [0, 0.1) is 11.8 Å². The van der Waals surface area contributed by atoms with Crippen LogP contribution in [-0.4, -0.2) is 65.0 Å². The molecule has 0 aromatic rings. The number of ketones is 2. The molecule has 4 atom stereocenters. The predicted octanol–water partition coefficient (Wildman–Crippen LogP) is 0.539. The van der Waals surface area contributed by atoms with Gasteiger partial charge in [0, 0.05) is 6.54 Å². The zero-order valence-electron chi connectivity index (χ0n) is 16.4. The lowest BCUT2D eigenvalue weighted by Crippen LogP contribution is -2.73. The van der Waals surface area contributed by atoms with Gasteiger partial charge in [0.2, 0.25) is 11.7 Å². The SMILES string of the molecule is CC(C)[C@H](N)C(=O)C(NC(=O)[C@@H]1CC(O)CN1)(C(=O)C(F)(F)C(F)(F)F)C(C)C. The van der Waals surface area contributed by atoms with E-state index in [1.165, 1.54) is 13.8 Å². The van der Waals surface area contributed by atoms with E-state index in [4.69, 9.17) is 5.73 Å². The molecule has 12 heteroatoms. The highest BCUT2D eigenvalue weighted by atomic mass is 19.4. The number of hydrogen-bond acceptors (Lipinski definition) is 6. The summed E-state index contributed by atoms with van der Waals surface area (Å²) >= 11 is 0. The van der Waals surface area contributed by atoms with Gasteiger partial charge in [-0.25, -0.2) is 0 Å². The summed E-state index contributed by atoms with van der Waals surface area (Å²) in [7, 11) is 0. The van der Waals surface area contributed by atoms with Crippen LogP contribution in [0.4, 0.5) is 22.0 Å². The Morgan fingerprint density at radius 1 is 1.10 bits per heavy atom. The topological polar surface area (TPSA) is 122 Å². The molecule has 1 saturated heterocycles. The number of hydrogen-bond donors (Lipinski definition) is 4. The monoisotopic (exact) mass is 431 g/mol. The van der Waals surface area contributed by atoms with Crippen LogP contribution >= 0.6 is 0 Å². The molecule has 0 saturated carbocycles. The summed E-state index contributed by atoms with van der Waals surface area (Å²) < 4.78 is 66.8. The summed E-state index contributed by atoms with van der Waals surface area (Å²) in [6.45, 7) is 4.92. The zero-order valence-corrected chi connectivity index (χ0v) is 16.4. The van der Waals surface area contributed by atoms with Crippen LogP contribution in [0.25, 0.3) is 0 Å². The third kappa shape index (κ3) is 4.75. The first-order valence-electron chi connectivity index (χ1n) is 9.02. The largest absolute Gasteiger partial charge is 0.461 e. The normalized spacial score (nSPS) is 23.8. The van der Waals surface area contributed by atoms with E-state index in [-0.39, 0.29) is 13.0 Å². The van der Waals surface area contributed by atoms with E-state index in [0.29, 0.717) is 0 Å². The van der Waals surface area contributed by atoms with E-state index in [9.17, 15) is 41.4 Å². The molecule has 0 aromatic carbocycles. The molecule has 1 rings (SSSR count). The standard InChI is InChI=1S/C17H26F5N3O4/c1-7(2)11(23)12(27)15(8(3)4,14(29)16(18,19)17(20,21)22)25-13(28)10-5-9(26)6-24-10/h7-11,24,26H,5-6,23H2,1-4H3,(H,25,28)/t9?,10-,11-,15?/m0/s1. The fourth-order valence-corrected chi connectivity index (χ4v) is 3.06. The Morgan fingerprint density at radius 2 is 1.62 bits per heavy atom. The molecule has 0 bridgehead atoms. The minimum Gasteiger partial charge on any atom is -0.392 e. The minimum atomic E-state index is -6.28. The van der Waals surface area contributed by atoms with Crippen molar-refractivity contribution in [2.45, 2.75) is 69.9 Å². The van der Waals surface area contributed by atoms with Crippen LogP contribution in [0.2, 0.25) is 0 Å². The summed E-state index contributed by atoms with van der Waals surface area (Å²) in [6.07, 6.45) is -7.41. The van der Waals surface area contributed by atoms with Crippen molar-refractivity contribution in [2.75, 3.05) is 6.54 Å². The number of β-amino-alcohol motifs (C(OH)–C–C–N with tert-alkyl or cyclic N) is 1. The number of Topliss-reactive ketones (excluding diaryl/α,β-unsaturated/α-hetero) is 2. The summed E-state index contributed by atoms with van der Waals surface area (Å²) in [4.78, 5) is 38.0. The Labute approximate surface area is 164 Å². The van der Waals surface area contributed by atoms with Gasteiger partial charge in [-0.1, -0.05) is 27.7 Å². The van der Waals surface area contributed by atoms with Crippen molar-refractivity contribution in [3.8, 4) is 0 Å². The van der Waals surface area contributed by atoms with Crippen LogP contribution in [0.5, 0.6) is 0 Å². The molecule has 1 heterocycles. The highest BCUT2D eigenvalue weighted by Crippen LogP contribution is 2.41.